The van der Waals surface area contributed by atoms with Crippen LogP contribution in [0.4, 0.5) is 11.4 Å². The van der Waals surface area contributed by atoms with Gasteiger partial charge in [0.2, 0.25) is 0 Å². The Labute approximate surface area is 92.1 Å². The molecule has 0 atom stereocenters. The van der Waals surface area contributed by atoms with Crippen LogP contribution < -0.4 is 11.5 Å². The van der Waals surface area contributed by atoms with Crippen molar-refractivity contribution in [2.24, 2.45) is 0 Å². The van der Waals surface area contributed by atoms with Gasteiger partial charge in [-0.25, -0.2) is 9.59 Å². The zero-order valence-electron chi connectivity index (χ0n) is 8.94. The molecule has 0 saturated heterocycles. The van der Waals surface area contributed by atoms with Crippen LogP contribution in [0.5, 0.6) is 0 Å². The summed E-state index contributed by atoms with van der Waals surface area (Å²) >= 11 is 0. The molecule has 0 aliphatic rings. The minimum absolute atomic E-state index is 0.00755. The highest BCUT2D eigenvalue weighted by atomic mass is 16.5. The van der Waals surface area contributed by atoms with E-state index in [0.29, 0.717) is 0 Å². The molecule has 86 valence electrons. The summed E-state index contributed by atoms with van der Waals surface area (Å²) in [7, 11) is 2.39. The number of nitrogen functional groups attached to an aromatic ring is 2. The second-order valence-electron chi connectivity index (χ2n) is 3.02. The van der Waals surface area contributed by atoms with Gasteiger partial charge in [0.1, 0.15) is 0 Å². The molecule has 6 nitrogen and oxygen atoms in total. The molecule has 0 aromatic heterocycles. The Morgan fingerprint density at radius 2 is 1.62 bits per heavy atom. The number of esters is 2. The van der Waals surface area contributed by atoms with Gasteiger partial charge in [0.25, 0.3) is 0 Å². The molecule has 1 aromatic carbocycles. The molecule has 1 aromatic rings. The summed E-state index contributed by atoms with van der Waals surface area (Å²) in [6, 6.07) is 2.69. The van der Waals surface area contributed by atoms with Crippen LogP contribution in [0, 0.1) is 0 Å². The van der Waals surface area contributed by atoms with Crippen molar-refractivity contribution < 1.29 is 19.1 Å². The van der Waals surface area contributed by atoms with Gasteiger partial charge in [-0.1, -0.05) is 0 Å². The Kier molecular flexibility index (Phi) is 3.34. The fraction of sp³-hybridized carbons (Fsp3) is 0.200. The van der Waals surface area contributed by atoms with Crippen LogP contribution in [-0.2, 0) is 9.47 Å². The van der Waals surface area contributed by atoms with Gasteiger partial charge in [-0.3, -0.25) is 0 Å². The number of carbonyl (C=O) groups excluding carboxylic acids is 2. The van der Waals surface area contributed by atoms with Crippen LogP contribution in [0.2, 0.25) is 0 Å². The van der Waals surface area contributed by atoms with Gasteiger partial charge >= 0.3 is 11.9 Å². The van der Waals surface area contributed by atoms with Crippen molar-refractivity contribution in [1.29, 1.82) is 0 Å². The highest BCUT2D eigenvalue weighted by molar-refractivity contribution is 6.07. The number of rotatable bonds is 2. The molecular formula is C10H12N2O4. The second kappa shape index (κ2) is 4.52. The predicted octanol–water partition coefficient (Wildman–Crippen LogP) is 0.424. The van der Waals surface area contributed by atoms with E-state index < -0.39 is 11.9 Å². The lowest BCUT2D eigenvalue weighted by Crippen LogP contribution is -2.15. The van der Waals surface area contributed by atoms with Gasteiger partial charge in [-0.15, -0.1) is 0 Å². The topological polar surface area (TPSA) is 105 Å². The molecule has 0 heterocycles. The molecule has 6 heteroatoms. The minimum atomic E-state index is -0.710. The second-order valence-corrected chi connectivity index (χ2v) is 3.02. The number of methoxy groups -OCH3 is 2. The van der Waals surface area contributed by atoms with Crippen molar-refractivity contribution in [3.05, 3.63) is 23.3 Å². The molecule has 0 radical (unpaired) electrons. The zero-order valence-corrected chi connectivity index (χ0v) is 8.94. The average molecular weight is 224 g/mol. The quantitative estimate of drug-likeness (QED) is 0.557. The Balaban J connectivity index is 3.44. The van der Waals surface area contributed by atoms with Gasteiger partial charge in [0.05, 0.1) is 25.3 Å². The molecule has 1 rings (SSSR count). The number of benzene rings is 1. The van der Waals surface area contributed by atoms with E-state index in [1.807, 2.05) is 0 Å². The highest BCUT2D eigenvalue weighted by Gasteiger charge is 2.21. The van der Waals surface area contributed by atoms with Crippen molar-refractivity contribution in [2.45, 2.75) is 0 Å². The van der Waals surface area contributed by atoms with E-state index in [4.69, 9.17) is 11.5 Å². The maximum absolute atomic E-state index is 11.4. The molecule has 16 heavy (non-hydrogen) atoms. The van der Waals surface area contributed by atoms with E-state index in [9.17, 15) is 9.59 Å². The third-order valence-electron chi connectivity index (χ3n) is 1.99. The number of ether oxygens (including phenoxy) is 2. The molecule has 0 spiro atoms. The lowest BCUT2D eigenvalue weighted by Gasteiger charge is -2.10. The van der Waals surface area contributed by atoms with E-state index in [0.717, 1.165) is 0 Å². The van der Waals surface area contributed by atoms with Crippen molar-refractivity contribution in [2.75, 3.05) is 25.7 Å². The van der Waals surface area contributed by atoms with E-state index in [-0.39, 0.29) is 22.5 Å². The monoisotopic (exact) mass is 224 g/mol. The molecule has 0 unspecified atom stereocenters. The van der Waals surface area contributed by atoms with Gasteiger partial charge in [-0.2, -0.15) is 0 Å². The van der Waals surface area contributed by atoms with Crippen LogP contribution in [-0.4, -0.2) is 26.2 Å². The van der Waals surface area contributed by atoms with Crippen LogP contribution in [0.1, 0.15) is 20.7 Å². The van der Waals surface area contributed by atoms with E-state index in [1.54, 1.807) is 0 Å². The SMILES string of the molecule is COC(=O)c1cc(N)cc(N)c1C(=O)OC. The van der Waals surface area contributed by atoms with Crippen molar-refractivity contribution >= 4 is 23.3 Å². The molecule has 0 amide bonds. The maximum Gasteiger partial charge on any atom is 0.340 e. The largest absolute Gasteiger partial charge is 0.465 e. The summed E-state index contributed by atoms with van der Waals surface area (Å²) in [6.45, 7) is 0. The lowest BCUT2D eigenvalue weighted by molar-refractivity contribution is 0.0556. The van der Waals surface area contributed by atoms with Gasteiger partial charge in [0, 0.05) is 11.4 Å². The van der Waals surface area contributed by atoms with E-state index in [2.05, 4.69) is 9.47 Å². The Morgan fingerprint density at radius 3 is 2.12 bits per heavy atom. The van der Waals surface area contributed by atoms with Gasteiger partial charge in [-0.05, 0) is 12.1 Å². The third kappa shape index (κ3) is 2.05. The average Bonchev–Trinajstić information content (AvgIpc) is 2.26. The normalized spacial score (nSPS) is 9.62. The fourth-order valence-electron chi connectivity index (χ4n) is 1.29. The van der Waals surface area contributed by atoms with Crippen molar-refractivity contribution in [1.82, 2.24) is 0 Å². The maximum atomic E-state index is 11.4. The first-order chi connectivity index (χ1) is 7.51. The first-order valence-electron chi connectivity index (χ1n) is 4.37. The molecule has 0 fully saturated rings. The molecule has 0 aliphatic heterocycles. The summed E-state index contributed by atoms with van der Waals surface area (Å²) in [6.07, 6.45) is 0. The summed E-state index contributed by atoms with van der Waals surface area (Å²) < 4.78 is 9.05. The number of nitrogens with two attached hydrogens (primary N) is 2. The molecule has 0 aliphatic carbocycles. The van der Waals surface area contributed by atoms with Crippen LogP contribution >= 0.6 is 0 Å². The summed E-state index contributed by atoms with van der Waals surface area (Å²) in [5, 5.41) is 0. The van der Waals surface area contributed by atoms with Crippen LogP contribution in [0.15, 0.2) is 12.1 Å². The first-order valence-corrected chi connectivity index (χ1v) is 4.37. The summed E-state index contributed by atoms with van der Waals surface area (Å²) in [5.74, 6) is -1.41. The Morgan fingerprint density at radius 1 is 1.06 bits per heavy atom. The molecular weight excluding hydrogens is 212 g/mol. The van der Waals surface area contributed by atoms with Crippen molar-refractivity contribution in [3.63, 3.8) is 0 Å². The van der Waals surface area contributed by atoms with Gasteiger partial charge < -0.3 is 20.9 Å². The van der Waals surface area contributed by atoms with Crippen LogP contribution in [0.3, 0.4) is 0 Å². The summed E-state index contributed by atoms with van der Waals surface area (Å²) in [4.78, 5) is 22.9. The third-order valence-corrected chi connectivity index (χ3v) is 1.99. The standard InChI is InChI=1S/C10H12N2O4/c1-15-9(13)6-3-5(11)4-7(12)8(6)10(14)16-2/h3-4H,11-12H2,1-2H3. The lowest BCUT2D eigenvalue weighted by atomic mass is 10.0. The molecule has 0 bridgehead atoms. The van der Waals surface area contributed by atoms with E-state index >= 15 is 0 Å². The smallest absolute Gasteiger partial charge is 0.340 e. The highest BCUT2D eigenvalue weighted by Crippen LogP contribution is 2.23. The number of anilines is 2. The Hall–Kier alpha value is -2.24. The zero-order chi connectivity index (χ0) is 12.3. The summed E-state index contributed by atoms with van der Waals surface area (Å²) in [5.41, 5.74) is 11.4. The van der Waals surface area contributed by atoms with Crippen molar-refractivity contribution in [3.8, 4) is 0 Å². The number of hydrogen-bond donors (Lipinski definition) is 2. The van der Waals surface area contributed by atoms with Crippen LogP contribution in [0.25, 0.3) is 0 Å². The van der Waals surface area contributed by atoms with Gasteiger partial charge in [0.15, 0.2) is 0 Å². The first kappa shape index (κ1) is 11.8. The number of hydrogen-bond acceptors (Lipinski definition) is 6. The predicted molar refractivity (Wildman–Crippen MR) is 57.9 cm³/mol. The number of carbonyl (C=O) groups is 2. The fourth-order valence-corrected chi connectivity index (χ4v) is 1.29. The molecule has 0 saturated carbocycles. The minimum Gasteiger partial charge on any atom is -0.465 e. The Bertz CT molecular complexity index is 443. The van der Waals surface area contributed by atoms with E-state index in [1.165, 1.54) is 26.4 Å². The molecule has 4 N–H and O–H groups in total.